The lowest BCUT2D eigenvalue weighted by molar-refractivity contribution is -0.134. The maximum absolute atomic E-state index is 13.4. The first-order valence-corrected chi connectivity index (χ1v) is 9.84. The van der Waals surface area contributed by atoms with Crippen molar-refractivity contribution >= 4 is 11.7 Å². The number of likely N-dealkylation sites (tertiary alicyclic amines) is 1. The molecule has 3 heterocycles. The molecule has 2 fully saturated rings. The van der Waals surface area contributed by atoms with Crippen molar-refractivity contribution in [3.63, 3.8) is 0 Å². The second-order valence-electron chi connectivity index (χ2n) is 8.38. The molecule has 8 heteroatoms. The van der Waals surface area contributed by atoms with E-state index in [0.29, 0.717) is 18.0 Å². The molecule has 2 aliphatic heterocycles. The first-order valence-electron chi connectivity index (χ1n) is 9.84. The summed E-state index contributed by atoms with van der Waals surface area (Å²) in [5, 5.41) is 21.9. The number of rotatable bonds is 4. The van der Waals surface area contributed by atoms with Gasteiger partial charge >= 0.3 is 0 Å². The summed E-state index contributed by atoms with van der Waals surface area (Å²) in [6.45, 7) is 6.11. The number of hydrogen-bond donors (Lipinski definition) is 2. The minimum absolute atomic E-state index is 0.0409. The number of nitrogens with one attached hydrogen (secondary N) is 1. The molecule has 2 N–H and O–H groups in total. The van der Waals surface area contributed by atoms with Crippen molar-refractivity contribution in [3.05, 3.63) is 17.5 Å². The maximum atomic E-state index is 13.4. The standard InChI is InChI=1S/C19H28N4O4/c1-11(2)16(15-8-12(3)21-26-15)18(25)23-10-13(24)9-14(23)17-20-19(27-22-17)6-4-5-7-19/h8,11,13-14,16,24H,4-7,9-10H2,1-3H3,(H,20,22). The Labute approximate surface area is 158 Å². The second-order valence-corrected chi connectivity index (χ2v) is 8.38. The van der Waals surface area contributed by atoms with Crippen molar-refractivity contribution in [2.45, 2.75) is 76.7 Å². The third-order valence-corrected chi connectivity index (χ3v) is 5.85. The first-order chi connectivity index (χ1) is 12.9. The molecule has 1 aromatic rings. The van der Waals surface area contributed by atoms with E-state index in [4.69, 9.17) is 9.36 Å². The summed E-state index contributed by atoms with van der Waals surface area (Å²) in [6, 6.07) is 1.50. The Morgan fingerprint density at radius 2 is 2.15 bits per heavy atom. The van der Waals surface area contributed by atoms with Crippen LogP contribution in [0.25, 0.3) is 0 Å². The van der Waals surface area contributed by atoms with Gasteiger partial charge in [0.1, 0.15) is 11.7 Å². The normalized spacial score (nSPS) is 27.7. The van der Waals surface area contributed by atoms with Gasteiger partial charge in [-0.3, -0.25) is 4.79 Å². The predicted octanol–water partition coefficient (Wildman–Crippen LogP) is 1.89. The molecular formula is C19H28N4O4. The zero-order chi connectivity index (χ0) is 19.2. The van der Waals surface area contributed by atoms with E-state index in [2.05, 4.69) is 15.6 Å². The van der Waals surface area contributed by atoms with Gasteiger partial charge in [-0.05, 0) is 25.7 Å². The number of aryl methyl sites for hydroxylation is 1. The molecule has 3 unspecified atom stereocenters. The van der Waals surface area contributed by atoms with Crippen LogP contribution in [0.2, 0.25) is 0 Å². The molecule has 27 heavy (non-hydrogen) atoms. The van der Waals surface area contributed by atoms with Crippen molar-refractivity contribution in [1.29, 1.82) is 0 Å². The van der Waals surface area contributed by atoms with Crippen LogP contribution in [0, 0.1) is 12.8 Å². The molecule has 4 rings (SSSR count). The van der Waals surface area contributed by atoms with E-state index in [1.54, 1.807) is 4.90 Å². The van der Waals surface area contributed by atoms with Crippen LogP contribution in [0.15, 0.2) is 15.7 Å². The predicted molar refractivity (Wildman–Crippen MR) is 97.8 cm³/mol. The smallest absolute Gasteiger partial charge is 0.234 e. The molecule has 0 aromatic carbocycles. The van der Waals surface area contributed by atoms with E-state index in [1.165, 1.54) is 0 Å². The van der Waals surface area contributed by atoms with E-state index < -0.39 is 17.7 Å². The summed E-state index contributed by atoms with van der Waals surface area (Å²) in [5.41, 5.74) is 0.330. The third-order valence-electron chi connectivity index (χ3n) is 5.85. The van der Waals surface area contributed by atoms with Crippen molar-refractivity contribution in [3.8, 4) is 0 Å². The number of β-amino-alcohol motifs (C(OH)–C–C–N with tert-alkyl or cyclic N) is 1. The molecule has 1 spiro atoms. The van der Waals surface area contributed by atoms with Gasteiger partial charge in [0.25, 0.3) is 0 Å². The summed E-state index contributed by atoms with van der Waals surface area (Å²) in [4.78, 5) is 20.9. The van der Waals surface area contributed by atoms with Crippen molar-refractivity contribution in [2.24, 2.45) is 11.1 Å². The quantitative estimate of drug-likeness (QED) is 0.832. The minimum Gasteiger partial charge on any atom is -0.391 e. The van der Waals surface area contributed by atoms with Gasteiger partial charge in [0.15, 0.2) is 5.84 Å². The lowest BCUT2D eigenvalue weighted by Crippen LogP contribution is -2.51. The summed E-state index contributed by atoms with van der Waals surface area (Å²) in [5.74, 6) is 0.747. The van der Waals surface area contributed by atoms with Crippen LogP contribution in [0.3, 0.4) is 0 Å². The number of amides is 1. The van der Waals surface area contributed by atoms with E-state index >= 15 is 0 Å². The minimum atomic E-state index is -0.576. The Kier molecular flexibility index (Phi) is 4.61. The Morgan fingerprint density at radius 3 is 2.78 bits per heavy atom. The topological polar surface area (TPSA) is 100 Å². The highest BCUT2D eigenvalue weighted by Crippen LogP contribution is 2.36. The fraction of sp³-hybridized carbons (Fsp3) is 0.737. The maximum Gasteiger partial charge on any atom is 0.234 e. The van der Waals surface area contributed by atoms with Gasteiger partial charge in [-0.25, -0.2) is 0 Å². The highest BCUT2D eigenvalue weighted by Gasteiger charge is 2.48. The largest absolute Gasteiger partial charge is 0.391 e. The summed E-state index contributed by atoms with van der Waals surface area (Å²) in [7, 11) is 0. The Morgan fingerprint density at radius 1 is 1.41 bits per heavy atom. The SMILES string of the molecule is Cc1cc(C(C(=O)N2CC(O)CC2C2=NOC3(CCCC3)N2)C(C)C)on1. The van der Waals surface area contributed by atoms with Gasteiger partial charge in [0.2, 0.25) is 11.6 Å². The molecule has 3 aliphatic rings. The van der Waals surface area contributed by atoms with E-state index in [-0.39, 0.29) is 24.4 Å². The van der Waals surface area contributed by atoms with Gasteiger partial charge in [0.05, 0.1) is 17.8 Å². The fourth-order valence-corrected chi connectivity index (χ4v) is 4.48. The number of amidine groups is 1. The van der Waals surface area contributed by atoms with Crippen LogP contribution in [0.5, 0.6) is 0 Å². The number of carbonyl (C=O) groups excluding carboxylic acids is 1. The van der Waals surface area contributed by atoms with E-state index in [1.807, 2.05) is 26.8 Å². The van der Waals surface area contributed by atoms with Crippen molar-refractivity contribution in [2.75, 3.05) is 6.54 Å². The average Bonchev–Trinajstić information content (AvgIpc) is 3.38. The molecule has 1 saturated carbocycles. The number of nitrogens with zero attached hydrogens (tertiary/aromatic N) is 3. The van der Waals surface area contributed by atoms with E-state index in [0.717, 1.165) is 31.4 Å². The average molecular weight is 376 g/mol. The second kappa shape index (κ2) is 6.82. The van der Waals surface area contributed by atoms with Gasteiger partial charge in [-0.15, -0.1) is 0 Å². The summed E-state index contributed by atoms with van der Waals surface area (Å²) in [6.07, 6.45) is 3.91. The number of aromatic nitrogens is 1. The molecule has 0 radical (unpaired) electrons. The van der Waals surface area contributed by atoms with Crippen LogP contribution in [-0.2, 0) is 9.63 Å². The zero-order valence-electron chi connectivity index (χ0n) is 16.1. The van der Waals surface area contributed by atoms with Gasteiger partial charge < -0.3 is 24.7 Å². The van der Waals surface area contributed by atoms with Gasteiger partial charge in [-0.2, -0.15) is 0 Å². The number of carbonyl (C=O) groups is 1. The molecular weight excluding hydrogens is 348 g/mol. The Bertz CT molecular complexity index is 738. The number of aliphatic hydroxyl groups excluding tert-OH is 1. The molecule has 0 bridgehead atoms. The lowest BCUT2D eigenvalue weighted by atomic mass is 9.91. The van der Waals surface area contributed by atoms with Crippen LogP contribution in [0.1, 0.15) is 63.3 Å². The van der Waals surface area contributed by atoms with Crippen LogP contribution < -0.4 is 5.32 Å². The summed E-state index contributed by atoms with van der Waals surface area (Å²) < 4.78 is 5.40. The van der Waals surface area contributed by atoms with Gasteiger partial charge in [0, 0.05) is 31.9 Å². The van der Waals surface area contributed by atoms with Crippen LogP contribution in [0.4, 0.5) is 0 Å². The van der Waals surface area contributed by atoms with Crippen molar-refractivity contribution in [1.82, 2.24) is 15.4 Å². The molecule has 1 saturated heterocycles. The summed E-state index contributed by atoms with van der Waals surface area (Å²) >= 11 is 0. The zero-order valence-corrected chi connectivity index (χ0v) is 16.1. The number of hydrogen-bond acceptors (Lipinski definition) is 7. The first kappa shape index (κ1) is 18.3. The van der Waals surface area contributed by atoms with E-state index in [9.17, 15) is 9.90 Å². The molecule has 8 nitrogen and oxygen atoms in total. The monoisotopic (exact) mass is 376 g/mol. The molecule has 1 amide bonds. The highest BCUT2D eigenvalue weighted by atomic mass is 16.7. The van der Waals surface area contributed by atoms with Crippen molar-refractivity contribution < 1.29 is 19.3 Å². The Hall–Kier alpha value is -2.09. The fourth-order valence-electron chi connectivity index (χ4n) is 4.48. The van der Waals surface area contributed by atoms with Crippen LogP contribution >= 0.6 is 0 Å². The molecule has 1 aliphatic carbocycles. The lowest BCUT2D eigenvalue weighted by Gasteiger charge is -2.30. The molecule has 1 aromatic heterocycles. The molecule has 3 atom stereocenters. The van der Waals surface area contributed by atoms with Crippen LogP contribution in [-0.4, -0.2) is 51.3 Å². The Balaban J connectivity index is 1.56. The highest BCUT2D eigenvalue weighted by molar-refractivity contribution is 5.94. The molecule has 148 valence electrons. The number of aliphatic hydroxyl groups is 1. The third kappa shape index (κ3) is 3.31. The van der Waals surface area contributed by atoms with Gasteiger partial charge in [-0.1, -0.05) is 24.2 Å². The number of oxime groups is 1.